The minimum Gasteiger partial charge on any atom is -0.360 e. The van der Waals surface area contributed by atoms with Crippen molar-refractivity contribution in [1.29, 1.82) is 0 Å². The molecule has 0 unspecified atom stereocenters. The van der Waals surface area contributed by atoms with E-state index in [0.717, 1.165) is 0 Å². The van der Waals surface area contributed by atoms with Crippen LogP contribution in [0.15, 0.2) is 5.38 Å². The van der Waals surface area contributed by atoms with Gasteiger partial charge in [-0.25, -0.2) is 13.4 Å². The first-order valence-electron chi connectivity index (χ1n) is 3.50. The van der Waals surface area contributed by atoms with Crippen LogP contribution in [0.2, 0.25) is 5.15 Å². The number of hydrogen-bond donors (Lipinski definition) is 1. The van der Waals surface area contributed by atoms with Crippen molar-refractivity contribution in [3.05, 3.63) is 10.5 Å². The third kappa shape index (κ3) is 4.44. The first kappa shape index (κ1) is 10.7. The van der Waals surface area contributed by atoms with Crippen LogP contribution in [0.1, 0.15) is 0 Å². The van der Waals surface area contributed by atoms with Crippen LogP contribution in [0.25, 0.3) is 0 Å². The number of anilines is 1. The number of hydrogen-bond acceptors (Lipinski definition) is 5. The molecular formula is C6H9ClN2O2S2. The van der Waals surface area contributed by atoms with Gasteiger partial charge in [-0.15, -0.1) is 11.3 Å². The van der Waals surface area contributed by atoms with Gasteiger partial charge in [0, 0.05) is 18.2 Å². The summed E-state index contributed by atoms with van der Waals surface area (Å²) in [5, 5.41) is 5.62. The Morgan fingerprint density at radius 2 is 2.38 bits per heavy atom. The van der Waals surface area contributed by atoms with E-state index in [2.05, 4.69) is 10.3 Å². The lowest BCUT2D eigenvalue weighted by Gasteiger charge is -1.99. The number of rotatable bonds is 4. The Labute approximate surface area is 85.9 Å². The molecule has 13 heavy (non-hydrogen) atoms. The minimum absolute atomic E-state index is 0.101. The van der Waals surface area contributed by atoms with Gasteiger partial charge in [-0.3, -0.25) is 0 Å². The van der Waals surface area contributed by atoms with Crippen LogP contribution in [-0.4, -0.2) is 32.0 Å². The van der Waals surface area contributed by atoms with Crippen LogP contribution in [-0.2, 0) is 9.84 Å². The lowest BCUT2D eigenvalue weighted by atomic mass is 10.7. The Morgan fingerprint density at radius 3 is 2.85 bits per heavy atom. The van der Waals surface area contributed by atoms with Gasteiger partial charge in [0.25, 0.3) is 0 Å². The van der Waals surface area contributed by atoms with Crippen molar-refractivity contribution in [2.24, 2.45) is 0 Å². The van der Waals surface area contributed by atoms with Gasteiger partial charge in [0.1, 0.15) is 15.0 Å². The largest absolute Gasteiger partial charge is 0.360 e. The summed E-state index contributed by atoms with van der Waals surface area (Å²) in [4.78, 5) is 3.91. The molecule has 0 fully saturated rings. The van der Waals surface area contributed by atoms with E-state index in [9.17, 15) is 8.42 Å². The predicted octanol–water partition coefficient (Wildman–Crippen LogP) is 1.25. The second kappa shape index (κ2) is 4.26. The van der Waals surface area contributed by atoms with E-state index in [-0.39, 0.29) is 5.75 Å². The zero-order valence-electron chi connectivity index (χ0n) is 6.95. The molecule has 1 rings (SSSR count). The maximum Gasteiger partial charge on any atom is 0.184 e. The van der Waals surface area contributed by atoms with E-state index < -0.39 is 9.84 Å². The number of nitrogens with one attached hydrogen (secondary N) is 1. The highest BCUT2D eigenvalue weighted by atomic mass is 35.5. The summed E-state index contributed by atoms with van der Waals surface area (Å²) in [5.74, 6) is 0.101. The Bertz CT molecular complexity index is 374. The normalized spacial score (nSPS) is 11.5. The highest BCUT2D eigenvalue weighted by Gasteiger charge is 2.02. The first-order chi connectivity index (χ1) is 5.97. The summed E-state index contributed by atoms with van der Waals surface area (Å²) in [6.07, 6.45) is 1.20. The van der Waals surface area contributed by atoms with Crippen molar-refractivity contribution in [2.75, 3.05) is 23.9 Å². The fraction of sp³-hybridized carbons (Fsp3) is 0.500. The van der Waals surface area contributed by atoms with Gasteiger partial charge in [-0.05, 0) is 0 Å². The topological polar surface area (TPSA) is 59.1 Å². The molecule has 4 nitrogen and oxygen atoms in total. The Balaban J connectivity index is 2.36. The first-order valence-corrected chi connectivity index (χ1v) is 6.82. The minimum atomic E-state index is -2.91. The van der Waals surface area contributed by atoms with Crippen LogP contribution < -0.4 is 5.32 Å². The van der Waals surface area contributed by atoms with Gasteiger partial charge in [0.05, 0.1) is 5.75 Å². The van der Waals surface area contributed by atoms with Crippen LogP contribution in [0.3, 0.4) is 0 Å². The molecule has 0 spiro atoms. The Kier molecular flexibility index (Phi) is 3.52. The molecule has 0 bridgehead atoms. The quantitative estimate of drug-likeness (QED) is 0.861. The fourth-order valence-corrected chi connectivity index (χ4v) is 2.02. The number of sulfone groups is 1. The summed E-state index contributed by atoms with van der Waals surface area (Å²) in [6, 6.07) is 0. The van der Waals surface area contributed by atoms with Gasteiger partial charge in [0.15, 0.2) is 5.13 Å². The van der Waals surface area contributed by atoms with Crippen LogP contribution in [0.4, 0.5) is 5.13 Å². The van der Waals surface area contributed by atoms with Crippen LogP contribution in [0.5, 0.6) is 0 Å². The van der Waals surface area contributed by atoms with Gasteiger partial charge in [0.2, 0.25) is 0 Å². The molecule has 0 aliphatic rings. The SMILES string of the molecule is CS(=O)(=O)CCNc1nc(Cl)cs1. The standard InChI is InChI=1S/C6H9ClN2O2S2/c1-13(10,11)3-2-8-6-9-5(7)4-12-6/h4H,2-3H2,1H3,(H,8,9). The molecular weight excluding hydrogens is 232 g/mol. The molecule has 0 aromatic carbocycles. The summed E-state index contributed by atoms with van der Waals surface area (Å²) in [5.41, 5.74) is 0. The summed E-state index contributed by atoms with van der Waals surface area (Å²) >= 11 is 6.92. The van der Waals surface area contributed by atoms with Gasteiger partial charge in [-0.1, -0.05) is 11.6 Å². The van der Waals surface area contributed by atoms with E-state index in [1.54, 1.807) is 5.38 Å². The molecule has 0 atom stereocenters. The second-order valence-electron chi connectivity index (χ2n) is 2.53. The van der Waals surface area contributed by atoms with E-state index in [1.807, 2.05) is 0 Å². The average molecular weight is 241 g/mol. The van der Waals surface area contributed by atoms with Crippen LogP contribution in [0, 0.1) is 0 Å². The van der Waals surface area contributed by atoms with Gasteiger partial charge >= 0.3 is 0 Å². The van der Waals surface area contributed by atoms with Crippen molar-refractivity contribution in [2.45, 2.75) is 0 Å². The third-order valence-electron chi connectivity index (χ3n) is 1.23. The summed E-state index contributed by atoms with van der Waals surface area (Å²) in [7, 11) is -2.91. The van der Waals surface area contributed by atoms with Gasteiger partial charge < -0.3 is 5.32 Å². The lowest BCUT2D eigenvalue weighted by molar-refractivity contribution is 0.602. The zero-order valence-corrected chi connectivity index (χ0v) is 9.34. The number of aromatic nitrogens is 1. The number of nitrogens with zero attached hydrogens (tertiary/aromatic N) is 1. The highest BCUT2D eigenvalue weighted by molar-refractivity contribution is 7.90. The smallest absolute Gasteiger partial charge is 0.184 e. The molecule has 0 saturated carbocycles. The van der Waals surface area contributed by atoms with Crippen molar-refractivity contribution in [1.82, 2.24) is 4.98 Å². The number of halogens is 1. The molecule has 0 saturated heterocycles. The molecule has 1 aromatic heterocycles. The predicted molar refractivity (Wildman–Crippen MR) is 55.3 cm³/mol. The maximum absolute atomic E-state index is 10.7. The van der Waals surface area contributed by atoms with E-state index in [4.69, 9.17) is 11.6 Å². The number of thiazole rings is 1. The maximum atomic E-state index is 10.7. The third-order valence-corrected chi connectivity index (χ3v) is 3.29. The lowest BCUT2D eigenvalue weighted by Crippen LogP contribution is -2.13. The Hall–Kier alpha value is -0.330. The molecule has 7 heteroatoms. The van der Waals surface area contributed by atoms with Crippen molar-refractivity contribution >= 4 is 37.9 Å². The average Bonchev–Trinajstić information content (AvgIpc) is 2.33. The van der Waals surface area contributed by atoms with Crippen LogP contribution >= 0.6 is 22.9 Å². The monoisotopic (exact) mass is 240 g/mol. The van der Waals surface area contributed by atoms with Crippen molar-refractivity contribution < 1.29 is 8.42 Å². The molecule has 0 amide bonds. The van der Waals surface area contributed by atoms with E-state index in [0.29, 0.717) is 16.8 Å². The second-order valence-corrected chi connectivity index (χ2v) is 6.04. The van der Waals surface area contributed by atoms with E-state index in [1.165, 1.54) is 17.6 Å². The summed E-state index contributed by atoms with van der Waals surface area (Å²) in [6.45, 7) is 0.364. The Morgan fingerprint density at radius 1 is 1.69 bits per heavy atom. The molecule has 1 heterocycles. The molecule has 0 aliphatic heterocycles. The molecule has 0 radical (unpaired) electrons. The highest BCUT2D eigenvalue weighted by Crippen LogP contribution is 2.18. The molecule has 1 aromatic rings. The zero-order chi connectivity index (χ0) is 9.90. The molecule has 0 aliphatic carbocycles. The molecule has 1 N–H and O–H groups in total. The van der Waals surface area contributed by atoms with Crippen molar-refractivity contribution in [3.8, 4) is 0 Å². The summed E-state index contributed by atoms with van der Waals surface area (Å²) < 4.78 is 21.5. The fourth-order valence-electron chi connectivity index (χ4n) is 0.679. The molecule has 74 valence electrons. The van der Waals surface area contributed by atoms with E-state index >= 15 is 0 Å². The van der Waals surface area contributed by atoms with Gasteiger partial charge in [-0.2, -0.15) is 0 Å². The van der Waals surface area contributed by atoms with Crippen molar-refractivity contribution in [3.63, 3.8) is 0 Å².